The van der Waals surface area contributed by atoms with Crippen LogP contribution in [-0.2, 0) is 11.3 Å². The van der Waals surface area contributed by atoms with Gasteiger partial charge in [-0.1, -0.05) is 13.8 Å². The molecule has 6 heteroatoms. The van der Waals surface area contributed by atoms with Gasteiger partial charge in [-0.15, -0.1) is 0 Å². The van der Waals surface area contributed by atoms with Gasteiger partial charge in [0.1, 0.15) is 0 Å². The topological polar surface area (TPSA) is 63.5 Å². The number of nitrogens with zero attached hydrogens (tertiary/aromatic N) is 3. The Labute approximate surface area is 128 Å². The molecular weight excluding hydrogens is 266 g/mol. The summed E-state index contributed by atoms with van der Waals surface area (Å²) in [5.74, 6) is 1.46. The SMILES string of the molecule is CCNC(=NCCCOCC(C)C)NCCn1ccnc1. The van der Waals surface area contributed by atoms with Crippen LogP contribution in [0.15, 0.2) is 23.7 Å². The fraction of sp³-hybridized carbons (Fsp3) is 0.733. The van der Waals surface area contributed by atoms with Crippen molar-refractivity contribution < 1.29 is 4.74 Å². The first-order chi connectivity index (χ1) is 10.2. The standard InChI is InChI=1S/C15H29N5O/c1-4-17-15(18-6-5-11-21-12-14(2)3)19-8-10-20-9-7-16-13-20/h7,9,13-14H,4-6,8,10-12H2,1-3H3,(H2,17,18,19). The molecule has 1 heterocycles. The van der Waals surface area contributed by atoms with Crippen LogP contribution in [0.1, 0.15) is 27.2 Å². The zero-order valence-electron chi connectivity index (χ0n) is 13.5. The lowest BCUT2D eigenvalue weighted by molar-refractivity contribution is 0.109. The van der Waals surface area contributed by atoms with Crippen molar-refractivity contribution in [3.63, 3.8) is 0 Å². The van der Waals surface area contributed by atoms with Gasteiger partial charge in [-0.25, -0.2) is 4.98 Å². The predicted molar refractivity (Wildman–Crippen MR) is 86.5 cm³/mol. The van der Waals surface area contributed by atoms with Crippen LogP contribution in [0.2, 0.25) is 0 Å². The van der Waals surface area contributed by atoms with Crippen LogP contribution < -0.4 is 10.6 Å². The summed E-state index contributed by atoms with van der Waals surface area (Å²) in [6, 6.07) is 0. The number of imidazole rings is 1. The van der Waals surface area contributed by atoms with Gasteiger partial charge in [0.2, 0.25) is 0 Å². The van der Waals surface area contributed by atoms with Crippen molar-refractivity contribution in [2.24, 2.45) is 10.9 Å². The number of rotatable bonds is 10. The van der Waals surface area contributed by atoms with Crippen molar-refractivity contribution in [1.29, 1.82) is 0 Å². The maximum absolute atomic E-state index is 5.55. The molecule has 0 amide bonds. The van der Waals surface area contributed by atoms with Crippen molar-refractivity contribution in [2.75, 3.05) is 32.8 Å². The molecule has 0 unspecified atom stereocenters. The van der Waals surface area contributed by atoms with Gasteiger partial charge in [-0.2, -0.15) is 0 Å². The molecule has 2 N–H and O–H groups in total. The van der Waals surface area contributed by atoms with Crippen molar-refractivity contribution in [3.05, 3.63) is 18.7 Å². The second kappa shape index (κ2) is 11.1. The van der Waals surface area contributed by atoms with Crippen molar-refractivity contribution in [2.45, 2.75) is 33.7 Å². The fourth-order valence-electron chi connectivity index (χ4n) is 1.74. The summed E-state index contributed by atoms with van der Waals surface area (Å²) < 4.78 is 7.58. The van der Waals surface area contributed by atoms with E-state index in [0.29, 0.717) is 5.92 Å². The molecule has 1 rings (SSSR count). The zero-order valence-corrected chi connectivity index (χ0v) is 13.5. The smallest absolute Gasteiger partial charge is 0.191 e. The Morgan fingerprint density at radius 3 is 2.90 bits per heavy atom. The molecule has 6 nitrogen and oxygen atoms in total. The highest BCUT2D eigenvalue weighted by Crippen LogP contribution is 1.93. The molecule has 0 saturated heterocycles. The van der Waals surface area contributed by atoms with Crippen molar-refractivity contribution in [3.8, 4) is 0 Å². The number of nitrogens with one attached hydrogen (secondary N) is 2. The lowest BCUT2D eigenvalue weighted by atomic mass is 10.2. The molecule has 0 aliphatic heterocycles. The Hall–Kier alpha value is -1.56. The molecule has 120 valence electrons. The molecule has 0 aliphatic carbocycles. The quantitative estimate of drug-likeness (QED) is 0.390. The summed E-state index contributed by atoms with van der Waals surface area (Å²) in [6.07, 6.45) is 6.51. The zero-order chi connectivity index (χ0) is 15.3. The van der Waals surface area contributed by atoms with Gasteiger partial charge in [0.05, 0.1) is 6.33 Å². The first-order valence-electron chi connectivity index (χ1n) is 7.78. The van der Waals surface area contributed by atoms with Crippen LogP contribution in [0.3, 0.4) is 0 Å². The molecule has 0 radical (unpaired) electrons. The Morgan fingerprint density at radius 2 is 2.24 bits per heavy atom. The number of aromatic nitrogens is 2. The fourth-order valence-corrected chi connectivity index (χ4v) is 1.74. The van der Waals surface area contributed by atoms with E-state index in [4.69, 9.17) is 4.74 Å². The molecule has 21 heavy (non-hydrogen) atoms. The van der Waals surface area contributed by atoms with E-state index in [1.54, 1.807) is 6.20 Å². The largest absolute Gasteiger partial charge is 0.381 e. The van der Waals surface area contributed by atoms with Crippen LogP contribution in [-0.4, -0.2) is 48.4 Å². The van der Waals surface area contributed by atoms with Crippen molar-refractivity contribution in [1.82, 2.24) is 20.2 Å². The van der Waals surface area contributed by atoms with E-state index in [-0.39, 0.29) is 0 Å². The van der Waals surface area contributed by atoms with Gasteiger partial charge in [-0.05, 0) is 19.3 Å². The average Bonchev–Trinajstić information content (AvgIpc) is 2.95. The van der Waals surface area contributed by atoms with Crippen LogP contribution in [0.4, 0.5) is 0 Å². The second-order valence-electron chi connectivity index (χ2n) is 5.31. The van der Waals surface area contributed by atoms with Crippen LogP contribution in [0.25, 0.3) is 0 Å². The van der Waals surface area contributed by atoms with E-state index in [9.17, 15) is 0 Å². The third-order valence-corrected chi connectivity index (χ3v) is 2.73. The Bertz CT molecular complexity index is 375. The summed E-state index contributed by atoms with van der Waals surface area (Å²) in [4.78, 5) is 8.56. The maximum atomic E-state index is 5.55. The van der Waals surface area contributed by atoms with E-state index in [1.165, 1.54) is 0 Å². The molecule has 0 aliphatic rings. The summed E-state index contributed by atoms with van der Waals surface area (Å²) >= 11 is 0. The first kappa shape index (κ1) is 17.5. The molecule has 0 saturated carbocycles. The predicted octanol–water partition coefficient (Wildman–Crippen LogP) is 1.50. The Kier molecular flexibility index (Phi) is 9.28. The summed E-state index contributed by atoms with van der Waals surface area (Å²) in [5, 5.41) is 6.56. The normalized spacial score (nSPS) is 11.9. The third kappa shape index (κ3) is 9.07. The lowest BCUT2D eigenvalue weighted by Crippen LogP contribution is -2.38. The summed E-state index contributed by atoms with van der Waals surface area (Å²) in [6.45, 7) is 11.3. The third-order valence-electron chi connectivity index (χ3n) is 2.73. The highest BCUT2D eigenvalue weighted by atomic mass is 16.5. The number of guanidine groups is 1. The van der Waals surface area contributed by atoms with Crippen LogP contribution in [0, 0.1) is 5.92 Å². The van der Waals surface area contributed by atoms with Gasteiger partial charge >= 0.3 is 0 Å². The van der Waals surface area contributed by atoms with Gasteiger partial charge in [0, 0.05) is 51.8 Å². The van der Waals surface area contributed by atoms with E-state index in [1.807, 2.05) is 17.1 Å². The average molecular weight is 295 g/mol. The molecule has 0 fully saturated rings. The maximum Gasteiger partial charge on any atom is 0.191 e. The highest BCUT2D eigenvalue weighted by molar-refractivity contribution is 5.79. The van der Waals surface area contributed by atoms with E-state index < -0.39 is 0 Å². The number of hydrogen-bond acceptors (Lipinski definition) is 3. The van der Waals surface area contributed by atoms with Crippen LogP contribution in [0.5, 0.6) is 0 Å². The summed E-state index contributed by atoms with van der Waals surface area (Å²) in [5.41, 5.74) is 0. The first-order valence-corrected chi connectivity index (χ1v) is 7.78. The Morgan fingerprint density at radius 1 is 1.38 bits per heavy atom. The molecule has 0 atom stereocenters. The number of aliphatic imine (C=N–C) groups is 1. The van der Waals surface area contributed by atoms with E-state index in [0.717, 1.165) is 51.8 Å². The van der Waals surface area contributed by atoms with Crippen molar-refractivity contribution >= 4 is 5.96 Å². The van der Waals surface area contributed by atoms with Gasteiger partial charge in [0.25, 0.3) is 0 Å². The number of ether oxygens (including phenoxy) is 1. The van der Waals surface area contributed by atoms with E-state index in [2.05, 4.69) is 41.4 Å². The molecule has 1 aromatic heterocycles. The van der Waals surface area contributed by atoms with E-state index >= 15 is 0 Å². The minimum Gasteiger partial charge on any atom is -0.381 e. The minimum absolute atomic E-state index is 0.593. The van der Waals surface area contributed by atoms with Gasteiger partial charge in [0.15, 0.2) is 5.96 Å². The molecule has 1 aromatic rings. The van der Waals surface area contributed by atoms with Gasteiger partial charge in [-0.3, -0.25) is 4.99 Å². The second-order valence-corrected chi connectivity index (χ2v) is 5.31. The molecule has 0 bridgehead atoms. The number of hydrogen-bond donors (Lipinski definition) is 2. The highest BCUT2D eigenvalue weighted by Gasteiger charge is 1.97. The molecule has 0 aromatic carbocycles. The monoisotopic (exact) mass is 295 g/mol. The molecular formula is C15H29N5O. The Balaban J connectivity index is 2.16. The van der Waals surface area contributed by atoms with Crippen LogP contribution >= 0.6 is 0 Å². The van der Waals surface area contributed by atoms with Gasteiger partial charge < -0.3 is 19.9 Å². The lowest BCUT2D eigenvalue weighted by Gasteiger charge is -2.11. The minimum atomic E-state index is 0.593. The summed E-state index contributed by atoms with van der Waals surface area (Å²) in [7, 11) is 0. The molecule has 0 spiro atoms.